The Hall–Kier alpha value is -1.86. The van der Waals surface area contributed by atoms with Gasteiger partial charge >= 0.3 is 0 Å². The highest BCUT2D eigenvalue weighted by atomic mass is 32.2. The zero-order valence-corrected chi connectivity index (χ0v) is 18.4. The molecule has 0 radical (unpaired) electrons. The summed E-state index contributed by atoms with van der Waals surface area (Å²) >= 11 is 6.68. The molecule has 1 aromatic rings. The molecule has 0 atom stereocenters. The number of carbonyl (C=O) groups is 2. The molecule has 0 bridgehead atoms. The second-order valence-electron chi connectivity index (χ2n) is 6.48. The van der Waals surface area contributed by atoms with E-state index < -0.39 is 0 Å². The Kier molecular flexibility index (Phi) is 8.99. The summed E-state index contributed by atoms with van der Waals surface area (Å²) in [5.74, 6) is 0.999. The zero-order valence-electron chi connectivity index (χ0n) is 16.8. The summed E-state index contributed by atoms with van der Waals surface area (Å²) < 4.78 is 5.16. The molecule has 1 saturated heterocycles. The van der Waals surface area contributed by atoms with Crippen molar-refractivity contribution in [2.24, 2.45) is 0 Å². The maximum Gasteiger partial charge on any atom is 0.291 e. The highest BCUT2D eigenvalue weighted by molar-refractivity contribution is 8.19. The highest BCUT2D eigenvalue weighted by Crippen LogP contribution is 2.33. The zero-order chi connectivity index (χ0) is 20.5. The van der Waals surface area contributed by atoms with Crippen LogP contribution in [0.3, 0.4) is 0 Å². The van der Waals surface area contributed by atoms with E-state index in [0.29, 0.717) is 18.0 Å². The number of hydrogen-bond acceptors (Lipinski definition) is 5. The number of carbonyl (C=O) groups excluding carboxylic acids is 2. The molecule has 1 fully saturated rings. The van der Waals surface area contributed by atoms with Crippen molar-refractivity contribution in [1.82, 2.24) is 9.80 Å². The molecule has 0 aromatic heterocycles. The number of nitrogens with zero attached hydrogens (tertiary/aromatic N) is 2. The lowest BCUT2D eigenvalue weighted by Crippen LogP contribution is -2.30. The Labute approximate surface area is 177 Å². The molecule has 152 valence electrons. The van der Waals surface area contributed by atoms with Crippen molar-refractivity contribution in [1.29, 1.82) is 0 Å². The Morgan fingerprint density at radius 2 is 1.86 bits per heavy atom. The van der Waals surface area contributed by atoms with E-state index in [9.17, 15) is 9.59 Å². The largest absolute Gasteiger partial charge is 0.497 e. The van der Waals surface area contributed by atoms with Gasteiger partial charge in [-0.05, 0) is 62.2 Å². The van der Waals surface area contributed by atoms with Crippen LogP contribution in [0.2, 0.25) is 0 Å². The van der Waals surface area contributed by atoms with Crippen LogP contribution in [0.25, 0.3) is 6.08 Å². The van der Waals surface area contributed by atoms with Crippen molar-refractivity contribution >= 4 is 46.2 Å². The molecule has 28 heavy (non-hydrogen) atoms. The molecule has 7 heteroatoms. The number of hydrogen-bond donors (Lipinski definition) is 0. The molecule has 1 aromatic carbocycles. The number of methoxy groups -OCH3 is 1. The van der Waals surface area contributed by atoms with Gasteiger partial charge in [-0.25, -0.2) is 0 Å². The van der Waals surface area contributed by atoms with E-state index in [1.54, 1.807) is 12.0 Å². The van der Waals surface area contributed by atoms with Crippen LogP contribution in [0.1, 0.15) is 45.1 Å². The SMILES string of the molecule is CCN(CC)C(=O)CCCCCN1C(=O)S/C(=C/c2ccc(OC)cc2)C1=S. The fraction of sp³-hybridized carbons (Fsp3) is 0.476. The van der Waals surface area contributed by atoms with Crippen molar-refractivity contribution in [2.75, 3.05) is 26.7 Å². The average Bonchev–Trinajstić information content (AvgIpc) is 2.96. The van der Waals surface area contributed by atoms with Crippen LogP contribution >= 0.6 is 24.0 Å². The summed E-state index contributed by atoms with van der Waals surface area (Å²) in [6.45, 7) is 6.11. The first-order chi connectivity index (χ1) is 13.5. The number of amides is 2. The van der Waals surface area contributed by atoms with Crippen LogP contribution in [-0.4, -0.2) is 52.7 Å². The van der Waals surface area contributed by atoms with Crippen LogP contribution in [-0.2, 0) is 4.79 Å². The number of ether oxygens (including phenoxy) is 1. The second-order valence-corrected chi connectivity index (χ2v) is 7.86. The van der Waals surface area contributed by atoms with Crippen molar-refractivity contribution in [2.45, 2.75) is 39.5 Å². The van der Waals surface area contributed by atoms with Gasteiger partial charge < -0.3 is 9.64 Å². The van der Waals surface area contributed by atoms with Gasteiger partial charge in [0.2, 0.25) is 5.91 Å². The lowest BCUT2D eigenvalue weighted by molar-refractivity contribution is -0.130. The van der Waals surface area contributed by atoms with Crippen LogP contribution in [0.5, 0.6) is 5.75 Å². The Morgan fingerprint density at radius 1 is 1.18 bits per heavy atom. The predicted molar refractivity (Wildman–Crippen MR) is 120 cm³/mol. The summed E-state index contributed by atoms with van der Waals surface area (Å²) in [5, 5.41) is -0.0241. The molecular weight excluding hydrogens is 392 g/mol. The summed E-state index contributed by atoms with van der Waals surface area (Å²) in [4.78, 5) is 29.2. The van der Waals surface area contributed by atoms with E-state index in [2.05, 4.69) is 0 Å². The Balaban J connectivity index is 1.81. The standard InChI is InChI=1S/C21H28N2O3S2/c1-4-22(5-2)19(24)9-7-6-8-14-23-20(27)18(28-21(23)25)15-16-10-12-17(26-3)13-11-16/h10-13,15H,4-9,14H2,1-3H3/b18-15+. The molecule has 0 spiro atoms. The Morgan fingerprint density at radius 3 is 2.46 bits per heavy atom. The molecule has 2 rings (SSSR count). The summed E-state index contributed by atoms with van der Waals surface area (Å²) in [6, 6.07) is 7.65. The van der Waals surface area contributed by atoms with Gasteiger partial charge in [-0.1, -0.05) is 30.8 Å². The van der Waals surface area contributed by atoms with E-state index in [0.717, 1.165) is 48.6 Å². The minimum absolute atomic E-state index is 0.0241. The molecule has 2 amide bonds. The first-order valence-electron chi connectivity index (χ1n) is 9.67. The fourth-order valence-corrected chi connectivity index (χ4v) is 4.29. The lowest BCUT2D eigenvalue weighted by Gasteiger charge is -2.18. The number of thiocarbonyl (C=S) groups is 1. The minimum Gasteiger partial charge on any atom is -0.497 e. The second kappa shape index (κ2) is 11.2. The van der Waals surface area contributed by atoms with E-state index in [-0.39, 0.29) is 11.1 Å². The van der Waals surface area contributed by atoms with Gasteiger partial charge in [-0.3, -0.25) is 14.5 Å². The summed E-state index contributed by atoms with van der Waals surface area (Å²) in [7, 11) is 1.63. The fourth-order valence-electron chi connectivity index (χ4n) is 3.00. The third-order valence-electron chi connectivity index (χ3n) is 4.68. The first-order valence-corrected chi connectivity index (χ1v) is 10.9. The van der Waals surface area contributed by atoms with Gasteiger partial charge in [-0.15, -0.1) is 0 Å². The Bertz CT molecular complexity index is 728. The van der Waals surface area contributed by atoms with E-state index in [1.165, 1.54) is 11.8 Å². The van der Waals surface area contributed by atoms with Gasteiger partial charge in [0, 0.05) is 26.1 Å². The molecule has 0 saturated carbocycles. The molecular formula is C21H28N2O3S2. The smallest absolute Gasteiger partial charge is 0.291 e. The predicted octanol–water partition coefficient (Wildman–Crippen LogP) is 4.96. The van der Waals surface area contributed by atoms with Crippen LogP contribution in [0.4, 0.5) is 4.79 Å². The molecule has 1 heterocycles. The van der Waals surface area contributed by atoms with Gasteiger partial charge in [0.15, 0.2) is 0 Å². The number of unbranched alkanes of at least 4 members (excludes halogenated alkanes) is 2. The third kappa shape index (κ3) is 6.07. The van der Waals surface area contributed by atoms with Crippen LogP contribution in [0, 0.1) is 0 Å². The van der Waals surface area contributed by atoms with Crippen molar-refractivity contribution in [3.63, 3.8) is 0 Å². The maximum atomic E-state index is 12.3. The summed E-state index contributed by atoms with van der Waals surface area (Å²) in [5.41, 5.74) is 0.982. The minimum atomic E-state index is -0.0241. The van der Waals surface area contributed by atoms with Gasteiger partial charge in [-0.2, -0.15) is 0 Å². The molecule has 0 aliphatic carbocycles. The monoisotopic (exact) mass is 420 g/mol. The van der Waals surface area contributed by atoms with Gasteiger partial charge in [0.1, 0.15) is 10.7 Å². The van der Waals surface area contributed by atoms with Crippen molar-refractivity contribution in [3.05, 3.63) is 34.7 Å². The third-order valence-corrected chi connectivity index (χ3v) is 6.17. The summed E-state index contributed by atoms with van der Waals surface area (Å²) in [6.07, 6.45) is 5.09. The van der Waals surface area contributed by atoms with Crippen LogP contribution in [0.15, 0.2) is 29.2 Å². The number of benzene rings is 1. The van der Waals surface area contributed by atoms with Gasteiger partial charge in [0.25, 0.3) is 5.24 Å². The highest BCUT2D eigenvalue weighted by Gasteiger charge is 2.31. The first kappa shape index (κ1) is 22.4. The molecule has 1 aliphatic rings. The van der Waals surface area contributed by atoms with Crippen molar-refractivity contribution < 1.29 is 14.3 Å². The van der Waals surface area contributed by atoms with E-state index in [1.807, 2.05) is 49.1 Å². The van der Waals surface area contributed by atoms with Crippen LogP contribution < -0.4 is 4.74 Å². The van der Waals surface area contributed by atoms with Crippen molar-refractivity contribution in [3.8, 4) is 5.75 Å². The number of rotatable bonds is 10. The maximum absolute atomic E-state index is 12.3. The topological polar surface area (TPSA) is 49.9 Å². The quantitative estimate of drug-likeness (QED) is 0.304. The lowest BCUT2D eigenvalue weighted by atomic mass is 10.1. The normalized spacial score (nSPS) is 15.4. The molecule has 0 N–H and O–H groups in total. The number of thioether (sulfide) groups is 1. The van der Waals surface area contributed by atoms with Gasteiger partial charge in [0.05, 0.1) is 12.0 Å². The van der Waals surface area contributed by atoms with E-state index >= 15 is 0 Å². The van der Waals surface area contributed by atoms with E-state index in [4.69, 9.17) is 17.0 Å². The molecule has 5 nitrogen and oxygen atoms in total. The molecule has 0 unspecified atom stereocenters. The molecule has 1 aliphatic heterocycles. The average molecular weight is 421 g/mol.